The first-order chi connectivity index (χ1) is 20.1. The number of para-hydroxylation sites is 1. The maximum absolute atomic E-state index is 14.5. The van der Waals surface area contributed by atoms with Crippen LogP contribution in [0.1, 0.15) is 23.0 Å². The molecule has 214 valence electrons. The van der Waals surface area contributed by atoms with E-state index in [-0.39, 0.29) is 34.1 Å². The SMILES string of the molecule is CCOC(=O)c1c(C)c(S(=O)(=O)N(C(=O)O)c2csc(-c3ccccc3)c2)c(-c2ccc(Cl)cc2)n1-c1ccccc1. The zero-order chi connectivity index (χ0) is 30.0. The van der Waals surface area contributed by atoms with Gasteiger partial charge in [0, 0.05) is 32.1 Å². The van der Waals surface area contributed by atoms with E-state index in [1.54, 1.807) is 61.5 Å². The van der Waals surface area contributed by atoms with Crippen molar-refractivity contribution in [3.63, 3.8) is 0 Å². The number of carbonyl (C=O) groups excluding carboxylic acids is 1. The van der Waals surface area contributed by atoms with E-state index in [1.807, 2.05) is 30.3 Å². The smallest absolute Gasteiger partial charge is 0.426 e. The van der Waals surface area contributed by atoms with Crippen molar-refractivity contribution >= 4 is 50.7 Å². The minimum atomic E-state index is -4.82. The summed E-state index contributed by atoms with van der Waals surface area (Å²) in [5.41, 5.74) is 1.77. The molecule has 5 rings (SSSR count). The van der Waals surface area contributed by atoms with Gasteiger partial charge in [-0.2, -0.15) is 4.31 Å². The number of halogens is 1. The van der Waals surface area contributed by atoms with E-state index in [0.29, 0.717) is 25.5 Å². The summed E-state index contributed by atoms with van der Waals surface area (Å²) in [5, 5.41) is 12.2. The predicted octanol–water partition coefficient (Wildman–Crippen LogP) is 7.88. The van der Waals surface area contributed by atoms with Crippen molar-refractivity contribution in [1.29, 1.82) is 0 Å². The van der Waals surface area contributed by atoms with E-state index >= 15 is 0 Å². The average molecular weight is 621 g/mol. The number of nitrogens with zero attached hydrogens (tertiary/aromatic N) is 2. The fraction of sp³-hybridized carbons (Fsp3) is 0.0968. The number of benzene rings is 3. The summed E-state index contributed by atoms with van der Waals surface area (Å²) in [6, 6.07) is 25.9. The molecule has 0 fully saturated rings. The van der Waals surface area contributed by atoms with Crippen molar-refractivity contribution in [3.05, 3.63) is 113 Å². The van der Waals surface area contributed by atoms with Crippen molar-refractivity contribution in [2.75, 3.05) is 10.9 Å². The Balaban J connectivity index is 1.82. The van der Waals surface area contributed by atoms with Crippen LogP contribution in [0.25, 0.3) is 27.4 Å². The summed E-state index contributed by atoms with van der Waals surface area (Å²) < 4.78 is 36.3. The van der Waals surface area contributed by atoms with Crippen LogP contribution in [0.3, 0.4) is 0 Å². The number of carbonyl (C=O) groups is 2. The van der Waals surface area contributed by atoms with Gasteiger partial charge >= 0.3 is 12.1 Å². The fourth-order valence-electron chi connectivity index (χ4n) is 4.76. The lowest BCUT2D eigenvalue weighted by molar-refractivity contribution is 0.0516. The second kappa shape index (κ2) is 11.8. The number of hydrogen-bond acceptors (Lipinski definition) is 6. The van der Waals surface area contributed by atoms with Gasteiger partial charge in [-0.05, 0) is 49.7 Å². The Hall–Kier alpha value is -4.38. The van der Waals surface area contributed by atoms with Crippen LogP contribution in [0, 0.1) is 6.92 Å². The Bertz CT molecular complexity index is 1870. The average Bonchev–Trinajstić information content (AvgIpc) is 3.57. The van der Waals surface area contributed by atoms with Crippen LogP contribution in [-0.2, 0) is 14.8 Å². The lowest BCUT2D eigenvalue weighted by Gasteiger charge is -2.20. The molecule has 0 radical (unpaired) electrons. The van der Waals surface area contributed by atoms with Gasteiger partial charge in [0.05, 0.1) is 18.0 Å². The van der Waals surface area contributed by atoms with Crippen LogP contribution in [0.15, 0.2) is 101 Å². The van der Waals surface area contributed by atoms with Gasteiger partial charge in [0.1, 0.15) is 10.6 Å². The Morgan fingerprint density at radius 2 is 1.57 bits per heavy atom. The summed E-state index contributed by atoms with van der Waals surface area (Å²) in [6.45, 7) is 3.17. The normalized spacial score (nSPS) is 11.3. The number of hydrogen-bond donors (Lipinski definition) is 1. The third-order valence-corrected chi connectivity index (χ3v) is 9.59. The fourth-order valence-corrected chi connectivity index (χ4v) is 7.54. The van der Waals surface area contributed by atoms with Crippen LogP contribution in [0.2, 0.25) is 5.02 Å². The highest BCUT2D eigenvalue weighted by Crippen LogP contribution is 2.42. The number of amides is 1. The molecule has 0 saturated carbocycles. The molecule has 11 heteroatoms. The van der Waals surface area contributed by atoms with Gasteiger partial charge in [-0.25, -0.2) is 18.0 Å². The van der Waals surface area contributed by atoms with Crippen LogP contribution >= 0.6 is 22.9 Å². The molecule has 0 spiro atoms. The molecule has 3 aromatic carbocycles. The standard InChI is InChI=1S/C31H25ClN2O6S2/c1-3-40-30(35)27-20(2)29(28(22-14-16-23(32)17-15-22)33(27)24-12-8-5-9-13-24)42(38,39)34(31(36)37)25-18-26(41-19-25)21-10-6-4-7-11-21/h4-19H,3H2,1-2H3,(H,36,37). The monoisotopic (exact) mass is 620 g/mol. The molecule has 2 heterocycles. The molecule has 0 aliphatic rings. The number of anilines is 1. The molecule has 0 atom stereocenters. The Kier molecular flexibility index (Phi) is 8.22. The maximum atomic E-state index is 14.5. The lowest BCUT2D eigenvalue weighted by atomic mass is 10.1. The second-order valence-electron chi connectivity index (χ2n) is 9.14. The number of rotatable bonds is 8. The van der Waals surface area contributed by atoms with Crippen molar-refractivity contribution in [2.24, 2.45) is 0 Å². The molecule has 8 nitrogen and oxygen atoms in total. The Labute approximate surface area is 252 Å². The van der Waals surface area contributed by atoms with Gasteiger partial charge in [-0.15, -0.1) is 11.3 Å². The first-order valence-electron chi connectivity index (χ1n) is 12.8. The first-order valence-corrected chi connectivity index (χ1v) is 15.5. The van der Waals surface area contributed by atoms with Crippen LogP contribution < -0.4 is 4.31 Å². The minimum Gasteiger partial charge on any atom is -0.464 e. The molecule has 0 unspecified atom stereocenters. The summed E-state index contributed by atoms with van der Waals surface area (Å²) in [5.74, 6) is -0.751. The van der Waals surface area contributed by atoms with Crippen molar-refractivity contribution in [3.8, 4) is 27.4 Å². The number of ether oxygens (including phenoxy) is 1. The number of esters is 1. The quantitative estimate of drug-likeness (QED) is 0.177. The van der Waals surface area contributed by atoms with Gasteiger partial charge in [0.15, 0.2) is 0 Å². The van der Waals surface area contributed by atoms with E-state index in [2.05, 4.69) is 0 Å². The van der Waals surface area contributed by atoms with Crippen molar-refractivity contribution in [1.82, 2.24) is 4.57 Å². The van der Waals surface area contributed by atoms with Crippen LogP contribution in [0.5, 0.6) is 0 Å². The summed E-state index contributed by atoms with van der Waals surface area (Å²) in [7, 11) is -4.82. The van der Waals surface area contributed by atoms with Gasteiger partial charge in [-0.3, -0.25) is 0 Å². The van der Waals surface area contributed by atoms with E-state index in [0.717, 1.165) is 5.56 Å². The molecular formula is C31H25ClN2O6S2. The molecule has 5 aromatic rings. The molecule has 0 aliphatic carbocycles. The van der Waals surface area contributed by atoms with Crippen molar-refractivity contribution < 1.29 is 27.9 Å². The maximum Gasteiger partial charge on any atom is 0.426 e. The van der Waals surface area contributed by atoms with Gasteiger partial charge in [0.25, 0.3) is 10.0 Å². The Morgan fingerprint density at radius 1 is 0.952 bits per heavy atom. The highest BCUT2D eigenvalue weighted by Gasteiger charge is 2.40. The Morgan fingerprint density at radius 3 is 2.17 bits per heavy atom. The minimum absolute atomic E-state index is 0.0350. The number of aromatic nitrogens is 1. The second-order valence-corrected chi connectivity index (χ2v) is 12.2. The van der Waals surface area contributed by atoms with Gasteiger partial charge < -0.3 is 14.4 Å². The molecule has 42 heavy (non-hydrogen) atoms. The first kappa shape index (κ1) is 29.1. The summed E-state index contributed by atoms with van der Waals surface area (Å²) >= 11 is 7.37. The number of sulfonamides is 1. The van der Waals surface area contributed by atoms with E-state index in [4.69, 9.17) is 16.3 Å². The third-order valence-electron chi connectivity index (χ3n) is 6.51. The number of thiophene rings is 1. The largest absolute Gasteiger partial charge is 0.464 e. The van der Waals surface area contributed by atoms with E-state index in [1.165, 1.54) is 34.3 Å². The molecule has 0 aliphatic heterocycles. The number of carboxylic acid groups (broad SMARTS) is 1. The highest BCUT2D eigenvalue weighted by atomic mass is 35.5. The van der Waals surface area contributed by atoms with Crippen molar-refractivity contribution in [2.45, 2.75) is 18.7 Å². The third kappa shape index (κ3) is 5.32. The predicted molar refractivity (Wildman–Crippen MR) is 164 cm³/mol. The summed E-state index contributed by atoms with van der Waals surface area (Å²) in [6.07, 6.45) is -1.70. The highest BCUT2D eigenvalue weighted by molar-refractivity contribution is 7.93. The van der Waals surface area contributed by atoms with E-state index in [9.17, 15) is 23.1 Å². The van der Waals surface area contributed by atoms with Crippen LogP contribution in [0.4, 0.5) is 10.5 Å². The van der Waals surface area contributed by atoms with E-state index < -0.39 is 22.1 Å². The zero-order valence-corrected chi connectivity index (χ0v) is 24.9. The topological polar surface area (TPSA) is 106 Å². The summed E-state index contributed by atoms with van der Waals surface area (Å²) in [4.78, 5) is 26.4. The zero-order valence-electron chi connectivity index (χ0n) is 22.5. The molecule has 1 amide bonds. The molecule has 0 saturated heterocycles. The molecule has 0 bridgehead atoms. The molecule has 2 aromatic heterocycles. The van der Waals surface area contributed by atoms with Gasteiger partial charge in [-0.1, -0.05) is 72.3 Å². The van der Waals surface area contributed by atoms with Gasteiger partial charge in [0.2, 0.25) is 0 Å². The molecule has 1 N–H and O–H groups in total. The lowest BCUT2D eigenvalue weighted by Crippen LogP contribution is -2.36. The van der Waals surface area contributed by atoms with Crippen LogP contribution in [-0.4, -0.2) is 36.8 Å². The molecular weight excluding hydrogens is 596 g/mol.